The summed E-state index contributed by atoms with van der Waals surface area (Å²) >= 11 is 0. The number of rotatable bonds is 6. The van der Waals surface area contributed by atoms with E-state index >= 15 is 0 Å². The second-order valence-electron chi connectivity index (χ2n) is 11.3. The first-order valence-electron chi connectivity index (χ1n) is 14.8. The van der Waals surface area contributed by atoms with Gasteiger partial charge in [0.05, 0.1) is 20.8 Å². The molecule has 0 N–H and O–H groups in total. The van der Waals surface area contributed by atoms with Gasteiger partial charge in [-0.15, -0.1) is 0 Å². The molecule has 0 atom stereocenters. The van der Waals surface area contributed by atoms with Crippen molar-refractivity contribution in [2.45, 2.75) is 37.7 Å². The maximum absolute atomic E-state index is 7.73. The standard InChI is InChI=1S/C39H33NO3/c1-6-38(7-2)34-24-27(40-3)16-21-32(34)35-30-10-8-9-11-31(30)37-33(36(35)38)22-23-39(43-37,25-12-17-28(41-4)18-13-25)26-14-19-29(42-5)20-15-26/h8-24H,6-7H2,1-2,4-5H3. The number of ether oxygens (including phenoxy) is 3. The summed E-state index contributed by atoms with van der Waals surface area (Å²) in [5.74, 6) is 2.47. The molecule has 4 nitrogen and oxygen atoms in total. The molecule has 0 aromatic heterocycles. The van der Waals surface area contributed by atoms with Crippen molar-refractivity contribution in [3.05, 3.63) is 136 Å². The molecular weight excluding hydrogens is 530 g/mol. The highest BCUT2D eigenvalue weighted by Gasteiger charge is 2.46. The topological polar surface area (TPSA) is 32.0 Å². The number of nitrogens with zero attached hydrogens (tertiary/aromatic N) is 1. The van der Waals surface area contributed by atoms with Gasteiger partial charge < -0.3 is 14.2 Å². The van der Waals surface area contributed by atoms with Gasteiger partial charge in [-0.2, -0.15) is 0 Å². The minimum atomic E-state index is -0.869. The zero-order chi connectivity index (χ0) is 29.8. The first-order chi connectivity index (χ1) is 21.0. The van der Waals surface area contributed by atoms with E-state index in [2.05, 4.69) is 91.5 Å². The van der Waals surface area contributed by atoms with E-state index in [-0.39, 0.29) is 5.41 Å². The normalized spacial score (nSPS) is 15.1. The van der Waals surface area contributed by atoms with E-state index in [1.165, 1.54) is 27.6 Å². The molecule has 0 spiro atoms. The van der Waals surface area contributed by atoms with Crippen LogP contribution in [0.1, 0.15) is 54.5 Å². The van der Waals surface area contributed by atoms with Crippen LogP contribution in [0.3, 0.4) is 0 Å². The Morgan fingerprint density at radius 2 is 1.37 bits per heavy atom. The fraction of sp³-hybridized carbons (Fsp3) is 0.205. The predicted octanol–water partition coefficient (Wildman–Crippen LogP) is 9.84. The summed E-state index contributed by atoms with van der Waals surface area (Å²) in [4.78, 5) is 3.80. The molecule has 0 unspecified atom stereocenters. The molecule has 1 heterocycles. The molecule has 1 aliphatic carbocycles. The molecule has 5 aromatic carbocycles. The minimum absolute atomic E-state index is 0.229. The Kier molecular flexibility index (Phi) is 6.29. The van der Waals surface area contributed by atoms with Gasteiger partial charge in [0.1, 0.15) is 17.2 Å². The first-order valence-corrected chi connectivity index (χ1v) is 14.8. The average Bonchev–Trinajstić information content (AvgIpc) is 3.38. The summed E-state index contributed by atoms with van der Waals surface area (Å²) in [7, 11) is 3.36. The molecule has 0 fully saturated rings. The Morgan fingerprint density at radius 1 is 0.767 bits per heavy atom. The highest BCUT2D eigenvalue weighted by molar-refractivity contribution is 6.08. The van der Waals surface area contributed by atoms with Crippen molar-refractivity contribution in [3.8, 4) is 28.4 Å². The molecule has 212 valence electrons. The largest absolute Gasteiger partial charge is 0.497 e. The molecule has 0 bridgehead atoms. The van der Waals surface area contributed by atoms with E-state index in [0.717, 1.165) is 52.2 Å². The Bertz CT molecular complexity index is 1890. The fourth-order valence-corrected chi connectivity index (χ4v) is 7.36. The zero-order valence-corrected chi connectivity index (χ0v) is 24.9. The Hall–Kier alpha value is -5.01. The van der Waals surface area contributed by atoms with Gasteiger partial charge in [-0.1, -0.05) is 86.7 Å². The molecule has 2 aliphatic rings. The van der Waals surface area contributed by atoms with Crippen molar-refractivity contribution in [2.75, 3.05) is 14.2 Å². The summed E-state index contributed by atoms with van der Waals surface area (Å²) < 4.78 is 18.4. The lowest BCUT2D eigenvalue weighted by Gasteiger charge is -2.39. The summed E-state index contributed by atoms with van der Waals surface area (Å²) in [6.45, 7) is 12.3. The molecule has 1 aliphatic heterocycles. The second-order valence-corrected chi connectivity index (χ2v) is 11.3. The van der Waals surface area contributed by atoms with Crippen molar-refractivity contribution < 1.29 is 14.2 Å². The van der Waals surface area contributed by atoms with E-state index in [0.29, 0.717) is 5.69 Å². The molecule has 7 rings (SSSR count). The van der Waals surface area contributed by atoms with Crippen molar-refractivity contribution >= 4 is 22.5 Å². The predicted molar refractivity (Wildman–Crippen MR) is 173 cm³/mol. The quantitative estimate of drug-likeness (QED) is 0.193. The molecule has 43 heavy (non-hydrogen) atoms. The maximum Gasteiger partial charge on any atom is 0.187 e. The Balaban J connectivity index is 1.55. The van der Waals surface area contributed by atoms with Crippen LogP contribution in [-0.4, -0.2) is 14.2 Å². The van der Waals surface area contributed by atoms with Crippen molar-refractivity contribution in [2.24, 2.45) is 0 Å². The van der Waals surface area contributed by atoms with Crippen molar-refractivity contribution in [1.29, 1.82) is 0 Å². The summed E-state index contributed by atoms with van der Waals surface area (Å²) in [5.41, 5.74) is 7.75. The van der Waals surface area contributed by atoms with Gasteiger partial charge in [-0.3, -0.25) is 0 Å². The number of methoxy groups -OCH3 is 2. The monoisotopic (exact) mass is 563 g/mol. The van der Waals surface area contributed by atoms with Gasteiger partial charge >= 0.3 is 0 Å². The van der Waals surface area contributed by atoms with Crippen LogP contribution in [0.25, 0.3) is 32.8 Å². The van der Waals surface area contributed by atoms with Gasteiger partial charge in [0.15, 0.2) is 11.3 Å². The summed E-state index contributed by atoms with van der Waals surface area (Å²) in [6, 6.07) is 31.1. The third-order valence-corrected chi connectivity index (χ3v) is 9.59. The molecule has 0 saturated carbocycles. The van der Waals surface area contributed by atoms with Gasteiger partial charge in [0.2, 0.25) is 0 Å². The third kappa shape index (κ3) is 3.74. The van der Waals surface area contributed by atoms with Crippen LogP contribution in [0.15, 0.2) is 97.1 Å². The van der Waals surface area contributed by atoms with Crippen LogP contribution < -0.4 is 14.2 Å². The van der Waals surface area contributed by atoms with Crippen molar-refractivity contribution in [1.82, 2.24) is 0 Å². The second kappa shape index (κ2) is 10.1. The molecule has 0 amide bonds. The number of hydrogen-bond donors (Lipinski definition) is 0. The number of fused-ring (bicyclic) bond motifs is 8. The van der Waals surface area contributed by atoms with Gasteiger partial charge in [0.25, 0.3) is 0 Å². The van der Waals surface area contributed by atoms with Crippen LogP contribution in [0.4, 0.5) is 5.69 Å². The SMILES string of the molecule is [C-]#[N+]c1ccc2c(c1)C(CC)(CC)c1c3c(c4ccccc4c1-2)OC(c1ccc(OC)cc1)(c1ccc(OC)cc1)C=C3. The highest BCUT2D eigenvalue weighted by Crippen LogP contribution is 2.60. The smallest absolute Gasteiger partial charge is 0.187 e. The first kappa shape index (κ1) is 26.9. The lowest BCUT2D eigenvalue weighted by molar-refractivity contribution is 0.163. The van der Waals surface area contributed by atoms with E-state index < -0.39 is 5.60 Å². The van der Waals surface area contributed by atoms with E-state index in [4.69, 9.17) is 20.8 Å². The Morgan fingerprint density at radius 3 is 1.93 bits per heavy atom. The minimum Gasteiger partial charge on any atom is -0.497 e. The van der Waals surface area contributed by atoms with Crippen LogP contribution >= 0.6 is 0 Å². The van der Waals surface area contributed by atoms with E-state index in [1.807, 2.05) is 30.3 Å². The molecule has 0 radical (unpaired) electrons. The zero-order valence-electron chi connectivity index (χ0n) is 24.9. The highest BCUT2D eigenvalue weighted by atomic mass is 16.5. The molecule has 0 saturated heterocycles. The van der Waals surface area contributed by atoms with Gasteiger partial charge in [-0.05, 0) is 70.8 Å². The van der Waals surface area contributed by atoms with Gasteiger partial charge in [-0.25, -0.2) is 4.85 Å². The lowest BCUT2D eigenvalue weighted by Crippen LogP contribution is -2.35. The Labute approximate surface area is 253 Å². The van der Waals surface area contributed by atoms with Crippen molar-refractivity contribution in [3.63, 3.8) is 0 Å². The fourth-order valence-electron chi connectivity index (χ4n) is 7.36. The third-order valence-electron chi connectivity index (χ3n) is 9.59. The maximum atomic E-state index is 7.73. The van der Waals surface area contributed by atoms with E-state index in [1.54, 1.807) is 14.2 Å². The van der Waals surface area contributed by atoms with Gasteiger partial charge in [0, 0.05) is 27.5 Å². The number of benzene rings is 5. The van der Waals surface area contributed by atoms with Crippen LogP contribution in [-0.2, 0) is 11.0 Å². The number of hydrogen-bond acceptors (Lipinski definition) is 3. The summed E-state index contributed by atoms with van der Waals surface area (Å²) in [5, 5.41) is 2.25. The molecule has 5 aromatic rings. The summed E-state index contributed by atoms with van der Waals surface area (Å²) in [6.07, 6.45) is 6.33. The van der Waals surface area contributed by atoms with Crippen LogP contribution in [0.5, 0.6) is 17.2 Å². The van der Waals surface area contributed by atoms with E-state index in [9.17, 15) is 0 Å². The van der Waals surface area contributed by atoms with Crippen LogP contribution in [0, 0.1) is 6.57 Å². The molecule has 4 heteroatoms. The average molecular weight is 564 g/mol. The molecular formula is C39H33NO3. The lowest BCUT2D eigenvalue weighted by atomic mass is 9.71. The van der Waals surface area contributed by atoms with Crippen LogP contribution in [0.2, 0.25) is 0 Å².